The lowest BCUT2D eigenvalue weighted by Gasteiger charge is -2.17. The molecule has 0 saturated carbocycles. The lowest BCUT2D eigenvalue weighted by atomic mass is 10.1. The molecule has 0 radical (unpaired) electrons. The van der Waals surface area contributed by atoms with E-state index in [1.165, 1.54) is 0 Å². The van der Waals surface area contributed by atoms with Crippen LogP contribution in [0.2, 0.25) is 0 Å². The minimum absolute atomic E-state index is 0.366. The molecule has 0 saturated heterocycles. The summed E-state index contributed by atoms with van der Waals surface area (Å²) in [6.45, 7) is 3.89. The van der Waals surface area contributed by atoms with Crippen LogP contribution in [0.15, 0.2) is 0 Å². The normalized spacial score (nSPS) is 14.2. The summed E-state index contributed by atoms with van der Waals surface area (Å²) < 4.78 is 0. The van der Waals surface area contributed by atoms with Gasteiger partial charge in [-0.2, -0.15) is 0 Å². The molecule has 0 aromatic heterocycles. The highest BCUT2D eigenvalue weighted by Crippen LogP contribution is 2.01. The zero-order valence-electron chi connectivity index (χ0n) is 10.0. The maximum atomic E-state index is 11.5. The first-order valence-corrected chi connectivity index (χ1v) is 5.81. The molecule has 5 nitrogen and oxygen atoms in total. The molecule has 0 heterocycles. The number of rotatable bonds is 8. The highest BCUT2D eigenvalue weighted by Gasteiger charge is 2.21. The van der Waals surface area contributed by atoms with E-state index < -0.39 is 18.1 Å². The first-order chi connectivity index (χ1) is 7.52. The number of amides is 1. The molecule has 2 atom stereocenters. The Hall–Kier alpha value is -1.10. The van der Waals surface area contributed by atoms with Crippen molar-refractivity contribution in [1.82, 2.24) is 5.32 Å². The molecule has 5 heteroatoms. The van der Waals surface area contributed by atoms with Crippen LogP contribution >= 0.6 is 0 Å². The van der Waals surface area contributed by atoms with E-state index in [2.05, 4.69) is 5.32 Å². The average Bonchev–Trinajstić information content (AvgIpc) is 2.24. The fourth-order valence-electron chi connectivity index (χ4n) is 1.38. The Morgan fingerprint density at radius 2 is 1.88 bits per heavy atom. The average molecular weight is 230 g/mol. The molecular weight excluding hydrogens is 208 g/mol. The Bertz CT molecular complexity index is 231. The first-order valence-electron chi connectivity index (χ1n) is 5.81. The van der Waals surface area contributed by atoms with E-state index in [1.54, 1.807) is 0 Å². The summed E-state index contributed by atoms with van der Waals surface area (Å²) >= 11 is 0. The van der Waals surface area contributed by atoms with E-state index in [9.17, 15) is 9.59 Å². The smallest absolute Gasteiger partial charge is 0.326 e. The van der Waals surface area contributed by atoms with E-state index in [4.69, 9.17) is 10.8 Å². The van der Waals surface area contributed by atoms with Gasteiger partial charge in [0, 0.05) is 0 Å². The second-order valence-corrected chi connectivity index (χ2v) is 3.94. The number of nitrogens with one attached hydrogen (secondary N) is 1. The zero-order valence-corrected chi connectivity index (χ0v) is 10.0. The number of unbranched alkanes of at least 4 members (excludes halogenated alkanes) is 1. The topological polar surface area (TPSA) is 92.4 Å². The number of carbonyl (C=O) groups excluding carboxylic acids is 1. The maximum Gasteiger partial charge on any atom is 0.326 e. The number of hydrogen-bond acceptors (Lipinski definition) is 3. The summed E-state index contributed by atoms with van der Waals surface area (Å²) in [5.41, 5.74) is 5.64. The van der Waals surface area contributed by atoms with Crippen LogP contribution in [0.5, 0.6) is 0 Å². The van der Waals surface area contributed by atoms with Crippen LogP contribution in [0.4, 0.5) is 0 Å². The second-order valence-electron chi connectivity index (χ2n) is 3.94. The second kappa shape index (κ2) is 8.10. The summed E-state index contributed by atoms with van der Waals surface area (Å²) in [4.78, 5) is 22.3. The highest BCUT2D eigenvalue weighted by atomic mass is 16.4. The zero-order chi connectivity index (χ0) is 12.6. The summed E-state index contributed by atoms with van der Waals surface area (Å²) in [6, 6.07) is -1.41. The SMILES string of the molecule is CCCC[C@@H](N)C(=O)N[C@@H](CCC)C(=O)O. The van der Waals surface area contributed by atoms with Gasteiger partial charge in [0.1, 0.15) is 6.04 Å². The van der Waals surface area contributed by atoms with Gasteiger partial charge < -0.3 is 16.2 Å². The molecule has 0 aliphatic rings. The molecular formula is C11H22N2O3. The molecule has 4 N–H and O–H groups in total. The van der Waals surface area contributed by atoms with Crippen molar-refractivity contribution in [3.63, 3.8) is 0 Å². The molecule has 0 aromatic carbocycles. The number of carbonyl (C=O) groups is 2. The number of carboxylic acids is 1. The van der Waals surface area contributed by atoms with Crippen molar-refractivity contribution in [3.05, 3.63) is 0 Å². The molecule has 0 aromatic rings. The van der Waals surface area contributed by atoms with E-state index in [1.807, 2.05) is 13.8 Å². The predicted molar refractivity (Wildman–Crippen MR) is 62.0 cm³/mol. The van der Waals surface area contributed by atoms with Crippen LogP contribution < -0.4 is 11.1 Å². The van der Waals surface area contributed by atoms with Crippen molar-refractivity contribution >= 4 is 11.9 Å². The van der Waals surface area contributed by atoms with Gasteiger partial charge in [-0.05, 0) is 12.8 Å². The van der Waals surface area contributed by atoms with Gasteiger partial charge in [0.2, 0.25) is 5.91 Å². The van der Waals surface area contributed by atoms with Gasteiger partial charge in [0.05, 0.1) is 6.04 Å². The number of hydrogen-bond donors (Lipinski definition) is 3. The molecule has 0 spiro atoms. The molecule has 0 aliphatic heterocycles. The van der Waals surface area contributed by atoms with Gasteiger partial charge >= 0.3 is 5.97 Å². The van der Waals surface area contributed by atoms with Crippen LogP contribution in [0, 0.1) is 0 Å². The van der Waals surface area contributed by atoms with E-state index in [0.29, 0.717) is 19.3 Å². The van der Waals surface area contributed by atoms with Crippen molar-refractivity contribution < 1.29 is 14.7 Å². The third-order valence-corrected chi connectivity index (χ3v) is 2.40. The van der Waals surface area contributed by atoms with Gasteiger partial charge in [0.15, 0.2) is 0 Å². The predicted octanol–water partition coefficient (Wildman–Crippen LogP) is 0.873. The van der Waals surface area contributed by atoms with Crippen molar-refractivity contribution in [2.24, 2.45) is 5.73 Å². The Morgan fingerprint density at radius 1 is 1.25 bits per heavy atom. The lowest BCUT2D eigenvalue weighted by Crippen LogP contribution is -2.48. The van der Waals surface area contributed by atoms with Crippen molar-refractivity contribution in [2.45, 2.75) is 58.0 Å². The van der Waals surface area contributed by atoms with Crippen LogP contribution in [-0.4, -0.2) is 29.1 Å². The van der Waals surface area contributed by atoms with E-state index in [0.717, 1.165) is 12.8 Å². The van der Waals surface area contributed by atoms with E-state index in [-0.39, 0.29) is 5.91 Å². The lowest BCUT2D eigenvalue weighted by molar-refractivity contribution is -0.142. The van der Waals surface area contributed by atoms with Crippen molar-refractivity contribution in [2.75, 3.05) is 0 Å². The minimum Gasteiger partial charge on any atom is -0.480 e. The quantitative estimate of drug-likeness (QED) is 0.577. The molecule has 0 fully saturated rings. The third-order valence-electron chi connectivity index (χ3n) is 2.40. The summed E-state index contributed by atoms with van der Waals surface area (Å²) in [7, 11) is 0. The number of carboxylic acid groups (broad SMARTS) is 1. The van der Waals surface area contributed by atoms with Crippen molar-refractivity contribution in [3.8, 4) is 0 Å². The van der Waals surface area contributed by atoms with Crippen molar-refractivity contribution in [1.29, 1.82) is 0 Å². The third kappa shape index (κ3) is 5.70. The Labute approximate surface area is 96.4 Å². The van der Waals surface area contributed by atoms with Gasteiger partial charge in [-0.25, -0.2) is 4.79 Å². The molecule has 1 amide bonds. The fraction of sp³-hybridized carbons (Fsp3) is 0.818. The minimum atomic E-state index is -1.00. The molecule has 94 valence electrons. The molecule has 16 heavy (non-hydrogen) atoms. The summed E-state index contributed by atoms with van der Waals surface area (Å²) in [5, 5.41) is 11.3. The molecule has 0 aliphatic carbocycles. The Kier molecular flexibility index (Phi) is 7.54. The van der Waals surface area contributed by atoms with Crippen LogP contribution in [0.3, 0.4) is 0 Å². The Balaban J connectivity index is 4.12. The van der Waals surface area contributed by atoms with E-state index >= 15 is 0 Å². The Morgan fingerprint density at radius 3 is 2.31 bits per heavy atom. The highest BCUT2D eigenvalue weighted by molar-refractivity contribution is 5.86. The maximum absolute atomic E-state index is 11.5. The first kappa shape index (κ1) is 14.9. The number of aliphatic carboxylic acids is 1. The van der Waals surface area contributed by atoms with Crippen LogP contribution in [0.1, 0.15) is 46.0 Å². The van der Waals surface area contributed by atoms with Crippen LogP contribution in [0.25, 0.3) is 0 Å². The van der Waals surface area contributed by atoms with Gasteiger partial charge in [-0.3, -0.25) is 4.79 Å². The van der Waals surface area contributed by atoms with Gasteiger partial charge in [-0.1, -0.05) is 33.1 Å². The number of nitrogens with two attached hydrogens (primary N) is 1. The molecule has 0 bridgehead atoms. The largest absolute Gasteiger partial charge is 0.480 e. The summed E-state index contributed by atoms with van der Waals surface area (Å²) in [6.07, 6.45) is 3.59. The monoisotopic (exact) mass is 230 g/mol. The molecule has 0 rings (SSSR count). The van der Waals surface area contributed by atoms with Gasteiger partial charge in [0.25, 0.3) is 0 Å². The standard InChI is InChI=1S/C11H22N2O3/c1-3-5-7-8(12)10(14)13-9(6-4-2)11(15)16/h8-9H,3-7,12H2,1-2H3,(H,13,14)(H,15,16)/t8-,9+/m1/s1. The van der Waals surface area contributed by atoms with Crippen LogP contribution in [-0.2, 0) is 9.59 Å². The fourth-order valence-corrected chi connectivity index (χ4v) is 1.38. The van der Waals surface area contributed by atoms with Gasteiger partial charge in [-0.15, -0.1) is 0 Å². The summed E-state index contributed by atoms with van der Waals surface area (Å²) in [5.74, 6) is -1.37. The molecule has 0 unspecified atom stereocenters.